The number of Topliss-reactive ketones (excluding diaryl/α,β-unsaturated/α-hetero) is 1. The minimum atomic E-state index is -0.304. The van der Waals surface area contributed by atoms with Crippen LogP contribution in [0.4, 0.5) is 0 Å². The van der Waals surface area contributed by atoms with E-state index < -0.39 is 0 Å². The van der Waals surface area contributed by atoms with Crippen molar-refractivity contribution in [3.05, 3.63) is 64.2 Å². The highest BCUT2D eigenvalue weighted by Gasteiger charge is 2.33. The molecule has 1 N–H and O–H groups in total. The minimum absolute atomic E-state index is 0.116. The zero-order valence-corrected chi connectivity index (χ0v) is 20.4. The van der Waals surface area contributed by atoms with Crippen molar-refractivity contribution in [2.45, 2.75) is 59.0 Å². The first kappa shape index (κ1) is 21.9. The number of H-pyrrole nitrogens is 1. The second-order valence-electron chi connectivity index (χ2n) is 9.89. The fourth-order valence-corrected chi connectivity index (χ4v) is 5.78. The van der Waals surface area contributed by atoms with Crippen LogP contribution in [0.15, 0.2) is 36.4 Å². The Labute approximate surface area is 204 Å². The number of aromatic amines is 1. The van der Waals surface area contributed by atoms with Crippen LogP contribution in [0.5, 0.6) is 5.75 Å². The summed E-state index contributed by atoms with van der Waals surface area (Å²) in [6.45, 7) is 6.45. The van der Waals surface area contributed by atoms with E-state index in [2.05, 4.69) is 17.1 Å². The van der Waals surface area contributed by atoms with E-state index >= 15 is 0 Å². The molecule has 3 aromatic carbocycles. The number of ketones is 1. The number of nitrogens with one attached hydrogen (secondary N) is 1. The van der Waals surface area contributed by atoms with Gasteiger partial charge in [0.2, 0.25) is 0 Å². The van der Waals surface area contributed by atoms with Crippen LogP contribution in [0.1, 0.15) is 71.0 Å². The predicted molar refractivity (Wildman–Crippen MR) is 138 cm³/mol. The van der Waals surface area contributed by atoms with Gasteiger partial charge in [-0.15, -0.1) is 0 Å². The van der Waals surface area contributed by atoms with Crippen LogP contribution in [0.2, 0.25) is 0 Å². The van der Waals surface area contributed by atoms with Crippen molar-refractivity contribution < 1.29 is 19.1 Å². The Balaban J connectivity index is 1.58. The van der Waals surface area contributed by atoms with Gasteiger partial charge in [-0.05, 0) is 97.7 Å². The molecule has 2 aliphatic carbocycles. The average Bonchev–Trinajstić information content (AvgIpc) is 3.41. The van der Waals surface area contributed by atoms with E-state index in [-0.39, 0.29) is 17.9 Å². The molecule has 5 heteroatoms. The number of fused-ring (bicyclic) bond motifs is 10. The van der Waals surface area contributed by atoms with Crippen molar-refractivity contribution in [3.63, 3.8) is 0 Å². The summed E-state index contributed by atoms with van der Waals surface area (Å²) in [5.74, 6) is 0.780. The third-order valence-electron chi connectivity index (χ3n) is 7.17. The van der Waals surface area contributed by atoms with Gasteiger partial charge in [0.1, 0.15) is 5.75 Å². The summed E-state index contributed by atoms with van der Waals surface area (Å²) in [5.41, 5.74) is 9.24. The van der Waals surface area contributed by atoms with Gasteiger partial charge in [0.05, 0.1) is 23.8 Å². The molecule has 1 heterocycles. The van der Waals surface area contributed by atoms with Crippen molar-refractivity contribution in [1.29, 1.82) is 0 Å². The van der Waals surface area contributed by atoms with Crippen LogP contribution < -0.4 is 4.74 Å². The third kappa shape index (κ3) is 3.44. The van der Waals surface area contributed by atoms with Crippen molar-refractivity contribution in [2.75, 3.05) is 6.61 Å². The van der Waals surface area contributed by atoms with E-state index in [4.69, 9.17) is 9.47 Å². The second-order valence-corrected chi connectivity index (χ2v) is 9.89. The molecule has 178 valence electrons. The number of esters is 1. The lowest BCUT2D eigenvalue weighted by atomic mass is 9.80. The maximum Gasteiger partial charge on any atom is 0.338 e. The number of aryl methyl sites for hydroxylation is 3. The van der Waals surface area contributed by atoms with E-state index in [1.165, 1.54) is 11.1 Å². The van der Waals surface area contributed by atoms with Crippen LogP contribution in [0.3, 0.4) is 0 Å². The zero-order valence-electron chi connectivity index (χ0n) is 20.4. The molecular formula is C30H29NO4. The van der Waals surface area contributed by atoms with Crippen LogP contribution in [0.25, 0.3) is 32.9 Å². The molecule has 2 aliphatic rings. The summed E-state index contributed by atoms with van der Waals surface area (Å²) in [7, 11) is 0. The molecule has 0 bridgehead atoms. The molecule has 4 aromatic rings. The van der Waals surface area contributed by atoms with Gasteiger partial charge < -0.3 is 14.5 Å². The Morgan fingerprint density at radius 1 is 1.00 bits per heavy atom. The number of carbonyl (C=O) groups is 2. The largest absolute Gasteiger partial charge is 0.491 e. The van der Waals surface area contributed by atoms with Gasteiger partial charge in [-0.25, -0.2) is 4.79 Å². The van der Waals surface area contributed by atoms with Crippen LogP contribution in [0, 0.1) is 0 Å². The summed E-state index contributed by atoms with van der Waals surface area (Å²) < 4.78 is 11.3. The Morgan fingerprint density at radius 3 is 2.63 bits per heavy atom. The summed E-state index contributed by atoms with van der Waals surface area (Å²) >= 11 is 0. The molecule has 0 fully saturated rings. The van der Waals surface area contributed by atoms with Crippen molar-refractivity contribution in [1.82, 2.24) is 4.98 Å². The lowest BCUT2D eigenvalue weighted by molar-refractivity contribution is 0.0505. The van der Waals surface area contributed by atoms with Gasteiger partial charge in [0.15, 0.2) is 5.78 Å². The normalized spacial score (nSPS) is 14.3. The number of rotatable bonds is 5. The standard InChI is InChI=1S/C30H29NO4/c1-4-13-34-30(33)18-6-11-24-23(15-18)27-21-10-12-25(32)28(21)26-20-9-7-19(35-16(2)3)14-17(20)5-8-22(26)29(27)31-24/h6-7,9,11,14-16,31H,4-5,8,10,12-13H2,1-3H3. The Hall–Kier alpha value is -3.60. The van der Waals surface area contributed by atoms with Gasteiger partial charge in [-0.3, -0.25) is 4.79 Å². The molecule has 0 saturated heterocycles. The molecular weight excluding hydrogens is 438 g/mol. The van der Waals surface area contributed by atoms with Gasteiger partial charge in [0, 0.05) is 28.3 Å². The molecule has 0 atom stereocenters. The Kier molecular flexibility index (Phi) is 5.17. The first-order chi connectivity index (χ1) is 17.0. The van der Waals surface area contributed by atoms with Crippen molar-refractivity contribution >= 4 is 33.6 Å². The summed E-state index contributed by atoms with van der Waals surface area (Å²) in [5, 5.41) is 2.08. The third-order valence-corrected chi connectivity index (χ3v) is 7.17. The van der Waals surface area contributed by atoms with Crippen LogP contribution >= 0.6 is 0 Å². The van der Waals surface area contributed by atoms with Crippen LogP contribution in [-0.4, -0.2) is 29.4 Å². The summed E-state index contributed by atoms with van der Waals surface area (Å²) in [4.78, 5) is 29.4. The highest BCUT2D eigenvalue weighted by Crippen LogP contribution is 2.47. The zero-order chi connectivity index (χ0) is 24.3. The molecule has 35 heavy (non-hydrogen) atoms. The molecule has 0 saturated carbocycles. The van der Waals surface area contributed by atoms with E-state index in [0.29, 0.717) is 18.6 Å². The second kappa shape index (κ2) is 8.26. The lowest BCUT2D eigenvalue weighted by Gasteiger charge is -2.24. The molecule has 1 aromatic heterocycles. The highest BCUT2D eigenvalue weighted by atomic mass is 16.5. The molecule has 5 nitrogen and oxygen atoms in total. The maximum atomic E-state index is 13.2. The Morgan fingerprint density at radius 2 is 1.83 bits per heavy atom. The van der Waals surface area contributed by atoms with E-state index in [1.54, 1.807) is 0 Å². The quantitative estimate of drug-likeness (QED) is 0.337. The number of carbonyl (C=O) groups excluding carboxylic acids is 2. The summed E-state index contributed by atoms with van der Waals surface area (Å²) in [6, 6.07) is 12.0. The molecule has 0 spiro atoms. The first-order valence-electron chi connectivity index (χ1n) is 12.6. The van der Waals surface area contributed by atoms with Crippen molar-refractivity contribution in [2.24, 2.45) is 0 Å². The summed E-state index contributed by atoms with van der Waals surface area (Å²) in [6.07, 6.45) is 3.89. The molecule has 0 unspecified atom stereocenters. The molecule has 0 aliphatic heterocycles. The molecule has 6 rings (SSSR count). The number of aromatic nitrogens is 1. The first-order valence-corrected chi connectivity index (χ1v) is 12.6. The van der Waals surface area contributed by atoms with Gasteiger partial charge in [-0.2, -0.15) is 0 Å². The molecule has 0 amide bonds. The number of hydrogen-bond donors (Lipinski definition) is 1. The smallest absolute Gasteiger partial charge is 0.338 e. The monoisotopic (exact) mass is 467 g/mol. The van der Waals surface area contributed by atoms with Gasteiger partial charge in [0.25, 0.3) is 0 Å². The fourth-order valence-electron chi connectivity index (χ4n) is 5.78. The average molecular weight is 468 g/mol. The topological polar surface area (TPSA) is 68.4 Å². The number of benzene rings is 3. The van der Waals surface area contributed by atoms with E-state index in [9.17, 15) is 9.59 Å². The molecule has 0 radical (unpaired) electrons. The van der Waals surface area contributed by atoms with Gasteiger partial charge >= 0.3 is 5.97 Å². The predicted octanol–water partition coefficient (Wildman–Crippen LogP) is 6.57. The van der Waals surface area contributed by atoms with Crippen LogP contribution in [-0.2, 0) is 24.0 Å². The van der Waals surface area contributed by atoms with E-state index in [0.717, 1.165) is 75.5 Å². The van der Waals surface area contributed by atoms with Crippen molar-refractivity contribution in [3.8, 4) is 16.9 Å². The van der Waals surface area contributed by atoms with E-state index in [1.807, 2.05) is 45.0 Å². The van der Waals surface area contributed by atoms with Gasteiger partial charge in [-0.1, -0.05) is 13.0 Å². The Bertz CT molecular complexity index is 1530. The fraction of sp³-hybridized carbons (Fsp3) is 0.333. The minimum Gasteiger partial charge on any atom is -0.491 e. The highest BCUT2D eigenvalue weighted by molar-refractivity contribution is 6.20. The lowest BCUT2D eigenvalue weighted by Crippen LogP contribution is -2.11. The maximum absolute atomic E-state index is 13.2. The number of hydrogen-bond acceptors (Lipinski definition) is 4. The SMILES string of the molecule is CCCOC(=O)c1ccc2[nH]c3c4c(c5c(c3c2c1)CCC5=O)-c1ccc(OC(C)C)cc1CC4. The number of ether oxygens (including phenoxy) is 2.